The van der Waals surface area contributed by atoms with Gasteiger partial charge in [0.1, 0.15) is 5.78 Å². The lowest BCUT2D eigenvalue weighted by Crippen LogP contribution is -2.28. The van der Waals surface area contributed by atoms with Crippen LogP contribution in [0.1, 0.15) is 26.2 Å². The third kappa shape index (κ3) is 0.525. The van der Waals surface area contributed by atoms with Gasteiger partial charge >= 0.3 is 0 Å². The van der Waals surface area contributed by atoms with Crippen LogP contribution < -0.4 is 0 Å². The van der Waals surface area contributed by atoms with Gasteiger partial charge in [0.15, 0.2) is 0 Å². The van der Waals surface area contributed by atoms with Crippen molar-refractivity contribution in [3.05, 3.63) is 0 Å². The first-order valence-corrected chi connectivity index (χ1v) is 3.85. The minimum Gasteiger partial charge on any atom is -0.299 e. The number of Topliss-reactive ketones (excluding diaryl/α,β-unsaturated/α-hetero) is 1. The molecule has 0 amide bonds. The van der Waals surface area contributed by atoms with Gasteiger partial charge in [-0.05, 0) is 18.3 Å². The van der Waals surface area contributed by atoms with Gasteiger partial charge in [-0.15, -0.1) is 0 Å². The summed E-state index contributed by atoms with van der Waals surface area (Å²) in [5.41, 5.74) is 0. The summed E-state index contributed by atoms with van der Waals surface area (Å²) in [6.45, 7) is 2.20. The first kappa shape index (κ1) is 5.45. The van der Waals surface area contributed by atoms with Crippen molar-refractivity contribution in [1.29, 1.82) is 0 Å². The van der Waals surface area contributed by atoms with Crippen LogP contribution in [-0.4, -0.2) is 5.78 Å². The zero-order valence-electron chi connectivity index (χ0n) is 5.76. The molecule has 0 aromatic rings. The maximum atomic E-state index is 11.0. The molecule has 50 valence electrons. The van der Waals surface area contributed by atoms with Gasteiger partial charge in [-0.2, -0.15) is 0 Å². The Kier molecular flexibility index (Phi) is 0.961. The lowest BCUT2D eigenvalue weighted by atomic mass is 9.71. The molecular formula is C8H12O. The van der Waals surface area contributed by atoms with Crippen LogP contribution in [-0.2, 0) is 4.79 Å². The number of hydrogen-bond acceptors (Lipinski definition) is 1. The summed E-state index contributed by atoms with van der Waals surface area (Å²) >= 11 is 0. The molecule has 0 heterocycles. The Labute approximate surface area is 55.4 Å². The highest BCUT2D eigenvalue weighted by atomic mass is 16.1. The van der Waals surface area contributed by atoms with Crippen molar-refractivity contribution in [3.8, 4) is 0 Å². The van der Waals surface area contributed by atoms with Crippen molar-refractivity contribution in [2.45, 2.75) is 26.2 Å². The van der Waals surface area contributed by atoms with E-state index in [1.165, 1.54) is 12.8 Å². The average molecular weight is 124 g/mol. The van der Waals surface area contributed by atoms with Gasteiger partial charge in [-0.25, -0.2) is 0 Å². The highest BCUT2D eigenvalue weighted by Crippen LogP contribution is 2.52. The monoisotopic (exact) mass is 124 g/mol. The quantitative estimate of drug-likeness (QED) is 0.519. The Bertz CT molecular complexity index is 151. The predicted molar refractivity (Wildman–Crippen MR) is 35.0 cm³/mol. The van der Waals surface area contributed by atoms with Gasteiger partial charge in [-0.3, -0.25) is 4.79 Å². The number of carbonyl (C=O) groups excluding carboxylic acids is 1. The molecule has 0 N–H and O–H groups in total. The largest absolute Gasteiger partial charge is 0.299 e. The Balaban J connectivity index is 2.12. The second-order valence-electron chi connectivity index (χ2n) is 3.34. The molecule has 3 fully saturated rings. The molecule has 9 heavy (non-hydrogen) atoms. The van der Waals surface area contributed by atoms with E-state index in [0.29, 0.717) is 11.7 Å². The van der Waals surface area contributed by atoms with Gasteiger partial charge in [0.05, 0.1) is 0 Å². The van der Waals surface area contributed by atoms with Crippen LogP contribution in [0.3, 0.4) is 0 Å². The fourth-order valence-electron chi connectivity index (χ4n) is 2.44. The molecule has 3 rings (SSSR count). The summed E-state index contributed by atoms with van der Waals surface area (Å²) in [7, 11) is 0. The van der Waals surface area contributed by atoms with E-state index in [1.54, 1.807) is 0 Å². The molecule has 0 aliphatic heterocycles. The molecule has 3 atom stereocenters. The molecule has 2 bridgehead atoms. The standard InChI is InChI=1S/C8H12O/c1-2-6-5-3-7(6)8(9)4-5/h5-7H,2-4H2,1H3/t5-,6-,7-/m1/s1. The van der Waals surface area contributed by atoms with Crippen LogP contribution in [0.15, 0.2) is 0 Å². The molecule has 0 saturated heterocycles. The normalized spacial score (nSPS) is 47.2. The highest BCUT2D eigenvalue weighted by Gasteiger charge is 2.51. The number of rotatable bonds is 1. The molecule has 0 radical (unpaired) electrons. The third-order valence-electron chi connectivity index (χ3n) is 3.03. The van der Waals surface area contributed by atoms with E-state index >= 15 is 0 Å². The van der Waals surface area contributed by atoms with Crippen molar-refractivity contribution >= 4 is 5.78 Å². The summed E-state index contributed by atoms with van der Waals surface area (Å²) in [6, 6.07) is 0. The zero-order chi connectivity index (χ0) is 6.43. The predicted octanol–water partition coefficient (Wildman–Crippen LogP) is 1.62. The van der Waals surface area contributed by atoms with Gasteiger partial charge in [-0.1, -0.05) is 13.3 Å². The van der Waals surface area contributed by atoms with Crippen LogP contribution >= 0.6 is 0 Å². The number of ketones is 1. The summed E-state index contributed by atoms with van der Waals surface area (Å²) in [5, 5.41) is 0. The minimum absolute atomic E-state index is 0.500. The average Bonchev–Trinajstić information content (AvgIpc) is 2.22. The van der Waals surface area contributed by atoms with Gasteiger partial charge in [0.25, 0.3) is 0 Å². The van der Waals surface area contributed by atoms with Gasteiger partial charge in [0, 0.05) is 12.3 Å². The van der Waals surface area contributed by atoms with Crippen molar-refractivity contribution in [2.75, 3.05) is 0 Å². The maximum absolute atomic E-state index is 11.0. The van der Waals surface area contributed by atoms with E-state index in [1.807, 2.05) is 0 Å². The van der Waals surface area contributed by atoms with Crippen molar-refractivity contribution in [1.82, 2.24) is 0 Å². The number of fused-ring (bicyclic) bond motifs is 1. The number of hydrogen-bond donors (Lipinski definition) is 0. The van der Waals surface area contributed by atoms with Gasteiger partial charge < -0.3 is 0 Å². The SMILES string of the molecule is CC[C@@H]1[C@H]2CC(=O)[C@@H]1C2. The summed E-state index contributed by atoms with van der Waals surface area (Å²) < 4.78 is 0. The highest BCUT2D eigenvalue weighted by molar-refractivity contribution is 5.86. The second kappa shape index (κ2) is 1.59. The fourth-order valence-corrected chi connectivity index (χ4v) is 2.44. The molecule has 0 aromatic carbocycles. The Hall–Kier alpha value is -0.330. The van der Waals surface area contributed by atoms with Crippen molar-refractivity contribution < 1.29 is 4.79 Å². The minimum atomic E-state index is 0.500. The molecule has 3 saturated carbocycles. The van der Waals surface area contributed by atoms with E-state index in [0.717, 1.165) is 18.3 Å². The third-order valence-corrected chi connectivity index (χ3v) is 3.03. The fraction of sp³-hybridized carbons (Fsp3) is 0.875. The zero-order valence-corrected chi connectivity index (χ0v) is 5.76. The van der Waals surface area contributed by atoms with Crippen LogP contribution in [0.25, 0.3) is 0 Å². The van der Waals surface area contributed by atoms with Crippen LogP contribution in [0.5, 0.6) is 0 Å². The molecule has 1 heteroatoms. The van der Waals surface area contributed by atoms with E-state index in [-0.39, 0.29) is 0 Å². The molecule has 3 aliphatic rings. The molecule has 0 unspecified atom stereocenters. The van der Waals surface area contributed by atoms with Crippen molar-refractivity contribution in [3.63, 3.8) is 0 Å². The smallest absolute Gasteiger partial charge is 0.136 e. The van der Waals surface area contributed by atoms with Crippen LogP contribution in [0.4, 0.5) is 0 Å². The number of carbonyl (C=O) groups is 1. The van der Waals surface area contributed by atoms with E-state index in [9.17, 15) is 4.79 Å². The molecule has 1 nitrogen and oxygen atoms in total. The topological polar surface area (TPSA) is 17.1 Å². The second-order valence-corrected chi connectivity index (χ2v) is 3.34. The Morgan fingerprint density at radius 3 is 2.67 bits per heavy atom. The van der Waals surface area contributed by atoms with Crippen LogP contribution in [0, 0.1) is 17.8 Å². The van der Waals surface area contributed by atoms with Crippen molar-refractivity contribution in [2.24, 2.45) is 17.8 Å². The van der Waals surface area contributed by atoms with E-state index in [4.69, 9.17) is 0 Å². The summed E-state index contributed by atoms with van der Waals surface area (Å²) in [4.78, 5) is 11.0. The van der Waals surface area contributed by atoms with Crippen LogP contribution in [0.2, 0.25) is 0 Å². The first-order chi connectivity index (χ1) is 4.33. The molecular weight excluding hydrogens is 112 g/mol. The van der Waals surface area contributed by atoms with E-state index < -0.39 is 0 Å². The molecule has 0 aromatic heterocycles. The Morgan fingerprint density at radius 2 is 2.44 bits per heavy atom. The molecule has 0 spiro atoms. The summed E-state index contributed by atoms with van der Waals surface area (Å²) in [5.74, 6) is 2.64. The Morgan fingerprint density at radius 1 is 1.67 bits per heavy atom. The maximum Gasteiger partial charge on any atom is 0.136 e. The first-order valence-electron chi connectivity index (χ1n) is 3.85. The van der Waals surface area contributed by atoms with E-state index in [2.05, 4.69) is 6.92 Å². The lowest BCUT2D eigenvalue weighted by molar-refractivity contribution is -0.121. The molecule has 3 aliphatic carbocycles. The summed E-state index contributed by atoms with van der Waals surface area (Å²) in [6.07, 6.45) is 3.35. The van der Waals surface area contributed by atoms with Gasteiger partial charge in [0.2, 0.25) is 0 Å². The lowest BCUT2D eigenvalue weighted by Gasteiger charge is -2.33.